The lowest BCUT2D eigenvalue weighted by molar-refractivity contribution is -0.140. The van der Waals surface area contributed by atoms with Crippen molar-refractivity contribution in [2.24, 2.45) is 0 Å². The van der Waals surface area contributed by atoms with Crippen molar-refractivity contribution >= 4 is 14.0 Å². The van der Waals surface area contributed by atoms with E-state index in [1.54, 1.807) is 0 Å². The first-order valence-corrected chi connectivity index (χ1v) is 7.80. The average molecular weight is 186 g/mol. The first-order chi connectivity index (χ1) is 5.42. The molecule has 0 aromatic heterocycles. The molecular formula is C9H18O2Si. The maximum atomic E-state index is 10.4. The predicted octanol–water partition coefficient (Wildman–Crippen LogP) is 2.37. The van der Waals surface area contributed by atoms with Gasteiger partial charge in [-0.15, -0.1) is 0 Å². The second kappa shape index (κ2) is 5.14. The zero-order valence-corrected chi connectivity index (χ0v) is 9.39. The molecule has 0 saturated carbocycles. The Kier molecular flexibility index (Phi) is 4.89. The Hall–Kier alpha value is -0.573. The first-order valence-electron chi connectivity index (χ1n) is 4.23. The van der Waals surface area contributed by atoms with Crippen LogP contribution in [0.1, 0.15) is 13.3 Å². The van der Waals surface area contributed by atoms with Crippen LogP contribution in [0.3, 0.4) is 0 Å². The molecule has 0 unspecified atom stereocenters. The van der Waals surface area contributed by atoms with Crippen molar-refractivity contribution in [3.8, 4) is 0 Å². The van der Waals surface area contributed by atoms with Crippen molar-refractivity contribution in [1.82, 2.24) is 0 Å². The van der Waals surface area contributed by atoms with Gasteiger partial charge in [-0.1, -0.05) is 31.4 Å². The van der Waals surface area contributed by atoms with E-state index in [4.69, 9.17) is 4.74 Å². The first kappa shape index (κ1) is 11.4. The molecule has 0 aliphatic rings. The monoisotopic (exact) mass is 186 g/mol. The van der Waals surface area contributed by atoms with Crippen LogP contribution in [0.5, 0.6) is 0 Å². The molecule has 0 radical (unpaired) electrons. The summed E-state index contributed by atoms with van der Waals surface area (Å²) in [4.78, 5) is 10.4. The van der Waals surface area contributed by atoms with E-state index in [-0.39, 0.29) is 5.97 Å². The van der Waals surface area contributed by atoms with E-state index in [2.05, 4.69) is 31.4 Å². The zero-order chi connectivity index (χ0) is 9.61. The van der Waals surface area contributed by atoms with Crippen LogP contribution in [0.4, 0.5) is 0 Å². The molecule has 0 aliphatic heterocycles. The van der Waals surface area contributed by atoms with Crippen molar-refractivity contribution in [1.29, 1.82) is 0 Å². The van der Waals surface area contributed by atoms with Gasteiger partial charge in [0.25, 0.3) is 0 Å². The fraction of sp³-hybridized carbons (Fsp3) is 0.667. The molecule has 0 N–H and O–H groups in total. The molecular weight excluding hydrogens is 168 g/mol. The maximum Gasteiger partial charge on any atom is 0.302 e. The summed E-state index contributed by atoms with van der Waals surface area (Å²) in [7, 11) is -1.06. The predicted molar refractivity (Wildman–Crippen MR) is 53.7 cm³/mol. The van der Waals surface area contributed by atoms with Gasteiger partial charge in [0.15, 0.2) is 0 Å². The van der Waals surface area contributed by atoms with Crippen molar-refractivity contribution in [3.63, 3.8) is 0 Å². The van der Waals surface area contributed by atoms with Gasteiger partial charge in [-0.3, -0.25) is 4.79 Å². The van der Waals surface area contributed by atoms with Gasteiger partial charge in [0.2, 0.25) is 0 Å². The molecule has 0 bridgehead atoms. The van der Waals surface area contributed by atoms with Crippen LogP contribution in [0.25, 0.3) is 0 Å². The van der Waals surface area contributed by atoms with Gasteiger partial charge in [0.05, 0.1) is 14.7 Å². The number of carbonyl (C=O) groups excluding carboxylic acids is 1. The fourth-order valence-corrected chi connectivity index (χ4v) is 1.58. The number of rotatable bonds is 4. The highest BCUT2D eigenvalue weighted by Crippen LogP contribution is 2.02. The van der Waals surface area contributed by atoms with Crippen LogP contribution in [0.2, 0.25) is 19.6 Å². The van der Waals surface area contributed by atoms with Gasteiger partial charge in [-0.05, 0) is 6.42 Å². The topological polar surface area (TPSA) is 26.3 Å². The molecule has 12 heavy (non-hydrogen) atoms. The normalized spacial score (nSPS) is 12.0. The highest BCUT2D eigenvalue weighted by atomic mass is 28.3. The Morgan fingerprint density at radius 3 is 2.42 bits per heavy atom. The summed E-state index contributed by atoms with van der Waals surface area (Å²) in [5, 5.41) is 0. The van der Waals surface area contributed by atoms with Gasteiger partial charge in [0, 0.05) is 6.92 Å². The van der Waals surface area contributed by atoms with E-state index in [1.165, 1.54) is 6.92 Å². The second-order valence-corrected chi connectivity index (χ2v) is 8.96. The lowest BCUT2D eigenvalue weighted by Crippen LogP contribution is -2.15. The Bertz CT molecular complexity index is 168. The minimum absolute atomic E-state index is 0.198. The Balaban J connectivity index is 3.43. The standard InChI is InChI=1S/C9H18O2Si/c1-9(10)11-7-5-6-8-12(2,3)4/h6,8H,5,7H2,1-4H3/b8-6+. The minimum atomic E-state index is -1.06. The van der Waals surface area contributed by atoms with Crippen molar-refractivity contribution in [3.05, 3.63) is 11.8 Å². The van der Waals surface area contributed by atoms with Crippen molar-refractivity contribution in [2.45, 2.75) is 33.0 Å². The zero-order valence-electron chi connectivity index (χ0n) is 8.39. The summed E-state index contributed by atoms with van der Waals surface area (Å²) < 4.78 is 4.78. The summed E-state index contributed by atoms with van der Waals surface area (Å²) in [6.45, 7) is 8.76. The Morgan fingerprint density at radius 2 is 2.00 bits per heavy atom. The second-order valence-electron chi connectivity index (χ2n) is 3.90. The summed E-state index contributed by atoms with van der Waals surface area (Å²) in [6, 6.07) is 0. The van der Waals surface area contributed by atoms with Crippen LogP contribution in [-0.4, -0.2) is 20.7 Å². The Labute approximate surface area is 75.6 Å². The summed E-state index contributed by atoms with van der Waals surface area (Å²) >= 11 is 0. The molecule has 0 heterocycles. The minimum Gasteiger partial charge on any atom is -0.466 e. The van der Waals surface area contributed by atoms with Crippen LogP contribution < -0.4 is 0 Å². The number of hydrogen-bond donors (Lipinski definition) is 0. The molecule has 0 amide bonds. The lowest BCUT2D eigenvalue weighted by Gasteiger charge is -2.07. The molecule has 0 atom stereocenters. The highest BCUT2D eigenvalue weighted by Gasteiger charge is 2.05. The van der Waals surface area contributed by atoms with E-state index in [9.17, 15) is 4.79 Å². The van der Waals surface area contributed by atoms with Crippen LogP contribution >= 0.6 is 0 Å². The third kappa shape index (κ3) is 9.43. The van der Waals surface area contributed by atoms with Crippen molar-refractivity contribution in [2.75, 3.05) is 6.61 Å². The molecule has 0 aromatic rings. The summed E-state index contributed by atoms with van der Waals surface area (Å²) in [5.41, 5.74) is 2.26. The third-order valence-electron chi connectivity index (χ3n) is 1.21. The molecule has 0 aromatic carbocycles. The molecule has 3 heteroatoms. The van der Waals surface area contributed by atoms with Crippen molar-refractivity contribution < 1.29 is 9.53 Å². The van der Waals surface area contributed by atoms with E-state index in [0.29, 0.717) is 6.61 Å². The molecule has 0 aliphatic carbocycles. The average Bonchev–Trinajstić information content (AvgIpc) is 1.83. The SMILES string of the molecule is CC(=O)OCC/C=C/[Si](C)(C)C. The molecule has 0 spiro atoms. The van der Waals surface area contributed by atoms with E-state index < -0.39 is 8.07 Å². The molecule has 0 rings (SSSR count). The summed E-state index contributed by atoms with van der Waals surface area (Å²) in [6.07, 6.45) is 2.94. The molecule has 0 fully saturated rings. The third-order valence-corrected chi connectivity index (χ3v) is 2.44. The number of carbonyl (C=O) groups is 1. The van der Waals surface area contributed by atoms with E-state index >= 15 is 0 Å². The fourth-order valence-electron chi connectivity index (χ4n) is 0.708. The molecule has 70 valence electrons. The largest absolute Gasteiger partial charge is 0.466 e. The smallest absolute Gasteiger partial charge is 0.302 e. The molecule has 0 saturated heterocycles. The number of esters is 1. The van der Waals surface area contributed by atoms with Gasteiger partial charge in [-0.25, -0.2) is 0 Å². The maximum absolute atomic E-state index is 10.4. The number of hydrogen-bond acceptors (Lipinski definition) is 2. The van der Waals surface area contributed by atoms with E-state index in [1.807, 2.05) is 0 Å². The van der Waals surface area contributed by atoms with E-state index in [0.717, 1.165) is 6.42 Å². The van der Waals surface area contributed by atoms with Gasteiger partial charge >= 0.3 is 5.97 Å². The van der Waals surface area contributed by atoms with Gasteiger partial charge in [-0.2, -0.15) is 0 Å². The Morgan fingerprint density at radius 1 is 1.42 bits per heavy atom. The van der Waals surface area contributed by atoms with Crippen LogP contribution in [-0.2, 0) is 9.53 Å². The lowest BCUT2D eigenvalue weighted by atomic mass is 10.4. The molecule has 2 nitrogen and oxygen atoms in total. The van der Waals surface area contributed by atoms with Crippen LogP contribution in [0, 0.1) is 0 Å². The van der Waals surface area contributed by atoms with Crippen LogP contribution in [0.15, 0.2) is 11.8 Å². The summed E-state index contributed by atoms with van der Waals surface area (Å²) in [5.74, 6) is -0.198. The number of ether oxygens (including phenoxy) is 1. The highest BCUT2D eigenvalue weighted by molar-refractivity contribution is 6.80. The van der Waals surface area contributed by atoms with Gasteiger partial charge < -0.3 is 4.74 Å². The quantitative estimate of drug-likeness (QED) is 0.383. The van der Waals surface area contributed by atoms with Gasteiger partial charge in [0.1, 0.15) is 0 Å².